The number of hydrogen-bond donors (Lipinski definition) is 2. The lowest BCUT2D eigenvalue weighted by Gasteiger charge is -2.07. The Morgan fingerprint density at radius 3 is 2.52 bits per heavy atom. The highest BCUT2D eigenvalue weighted by Gasteiger charge is 2.16. The van der Waals surface area contributed by atoms with Crippen molar-refractivity contribution >= 4 is 26.8 Å². The number of fused-ring (bicyclic) bond motifs is 1. The number of aromatic amines is 1. The molecule has 6 nitrogen and oxygen atoms in total. The third kappa shape index (κ3) is 2.65. The topological polar surface area (TPSA) is 92.2 Å². The second kappa shape index (κ2) is 4.74. The van der Waals surface area contributed by atoms with E-state index < -0.39 is 21.6 Å². The molecule has 108 valence electrons. The minimum atomic E-state index is -3.84. The van der Waals surface area contributed by atoms with Gasteiger partial charge in [0, 0.05) is 5.69 Å². The summed E-state index contributed by atoms with van der Waals surface area (Å²) in [6.45, 7) is 0. The predicted octanol–water partition coefficient (Wildman–Crippen LogP) is 2.06. The third-order valence-corrected chi connectivity index (χ3v) is 4.18. The van der Waals surface area contributed by atoms with Gasteiger partial charge in [-0.15, -0.1) is 0 Å². The molecule has 8 heteroatoms. The van der Waals surface area contributed by atoms with Crippen molar-refractivity contribution in [2.75, 3.05) is 4.72 Å². The largest absolute Gasteiger partial charge is 0.417 e. The zero-order chi connectivity index (χ0) is 15.0. The Morgan fingerprint density at radius 2 is 1.81 bits per heavy atom. The summed E-state index contributed by atoms with van der Waals surface area (Å²) in [5.74, 6) is -1.12. The molecule has 0 aliphatic carbocycles. The summed E-state index contributed by atoms with van der Waals surface area (Å²) in [5.41, 5.74) is 0.778. The van der Waals surface area contributed by atoms with Gasteiger partial charge >= 0.3 is 5.76 Å². The van der Waals surface area contributed by atoms with Crippen molar-refractivity contribution in [3.8, 4) is 0 Å². The van der Waals surface area contributed by atoms with Crippen molar-refractivity contribution in [1.82, 2.24) is 4.98 Å². The fourth-order valence-electron chi connectivity index (χ4n) is 1.83. The Bertz CT molecular complexity index is 958. The van der Waals surface area contributed by atoms with Crippen LogP contribution in [-0.4, -0.2) is 13.4 Å². The molecule has 0 saturated carbocycles. The molecular formula is C13H9FN2O4S. The van der Waals surface area contributed by atoms with Gasteiger partial charge in [0.15, 0.2) is 5.58 Å². The van der Waals surface area contributed by atoms with Crippen LogP contribution in [0.3, 0.4) is 0 Å². The summed E-state index contributed by atoms with van der Waals surface area (Å²) in [6, 6.07) is 8.89. The van der Waals surface area contributed by atoms with E-state index in [2.05, 4.69) is 9.71 Å². The summed E-state index contributed by atoms with van der Waals surface area (Å²) in [5, 5.41) is 0. The number of nitrogens with one attached hydrogen (secondary N) is 2. The molecule has 0 aliphatic rings. The SMILES string of the molecule is O=c1[nH]c2cc(S(=O)(=O)Nc3ccc(F)cc3)ccc2o1. The molecule has 3 aromatic rings. The van der Waals surface area contributed by atoms with Crippen LogP contribution >= 0.6 is 0 Å². The standard InChI is InChI=1S/C13H9FN2O4S/c14-8-1-3-9(4-2-8)16-21(18,19)10-5-6-12-11(7-10)15-13(17)20-12/h1-7,16H,(H,15,17). The van der Waals surface area contributed by atoms with E-state index in [1.807, 2.05) is 0 Å². The number of H-pyrrole nitrogens is 1. The lowest BCUT2D eigenvalue weighted by atomic mass is 10.3. The molecule has 3 rings (SSSR count). The zero-order valence-electron chi connectivity index (χ0n) is 10.5. The maximum atomic E-state index is 12.8. The van der Waals surface area contributed by atoms with Crippen LogP contribution < -0.4 is 10.5 Å². The maximum Gasteiger partial charge on any atom is 0.417 e. The number of rotatable bonds is 3. The van der Waals surface area contributed by atoms with E-state index >= 15 is 0 Å². The van der Waals surface area contributed by atoms with E-state index in [0.717, 1.165) is 12.1 Å². The van der Waals surface area contributed by atoms with E-state index in [4.69, 9.17) is 4.42 Å². The van der Waals surface area contributed by atoms with Gasteiger partial charge in [-0.25, -0.2) is 17.6 Å². The van der Waals surface area contributed by atoms with Crippen molar-refractivity contribution in [3.63, 3.8) is 0 Å². The molecule has 21 heavy (non-hydrogen) atoms. The highest BCUT2D eigenvalue weighted by atomic mass is 32.2. The lowest BCUT2D eigenvalue weighted by Crippen LogP contribution is -2.12. The maximum absolute atomic E-state index is 12.8. The fraction of sp³-hybridized carbons (Fsp3) is 0. The summed E-state index contributed by atoms with van der Waals surface area (Å²) in [6.07, 6.45) is 0. The Labute approximate surface area is 118 Å². The number of hydrogen-bond acceptors (Lipinski definition) is 4. The summed E-state index contributed by atoms with van der Waals surface area (Å²) < 4.78 is 44.3. The molecule has 0 radical (unpaired) electrons. The first-order valence-electron chi connectivity index (χ1n) is 5.85. The highest BCUT2D eigenvalue weighted by Crippen LogP contribution is 2.19. The summed E-state index contributed by atoms with van der Waals surface area (Å²) >= 11 is 0. The Balaban J connectivity index is 1.99. The first-order valence-corrected chi connectivity index (χ1v) is 7.34. The first kappa shape index (κ1) is 13.4. The smallest absolute Gasteiger partial charge is 0.408 e. The van der Waals surface area contributed by atoms with Crippen molar-refractivity contribution in [3.05, 3.63) is 58.8 Å². The minimum Gasteiger partial charge on any atom is -0.408 e. The molecule has 0 fully saturated rings. The molecule has 0 atom stereocenters. The van der Waals surface area contributed by atoms with Gasteiger partial charge in [-0.2, -0.15) is 0 Å². The van der Waals surface area contributed by atoms with Crippen LogP contribution in [0.4, 0.5) is 10.1 Å². The highest BCUT2D eigenvalue weighted by molar-refractivity contribution is 7.92. The van der Waals surface area contributed by atoms with E-state index in [9.17, 15) is 17.6 Å². The van der Waals surface area contributed by atoms with Crippen LogP contribution in [0.25, 0.3) is 11.1 Å². The quantitative estimate of drug-likeness (QED) is 0.774. The van der Waals surface area contributed by atoms with Crippen LogP contribution in [0.1, 0.15) is 0 Å². The monoisotopic (exact) mass is 308 g/mol. The van der Waals surface area contributed by atoms with E-state index in [1.54, 1.807) is 0 Å². The van der Waals surface area contributed by atoms with Gasteiger partial charge in [-0.05, 0) is 42.5 Å². The molecule has 2 aromatic carbocycles. The predicted molar refractivity (Wildman–Crippen MR) is 74.0 cm³/mol. The Hall–Kier alpha value is -2.61. The second-order valence-corrected chi connectivity index (χ2v) is 5.97. The molecular weight excluding hydrogens is 299 g/mol. The average Bonchev–Trinajstić information content (AvgIpc) is 2.80. The van der Waals surface area contributed by atoms with Gasteiger partial charge in [0.2, 0.25) is 0 Å². The fourth-order valence-corrected chi connectivity index (χ4v) is 2.91. The van der Waals surface area contributed by atoms with Crippen molar-refractivity contribution < 1.29 is 17.2 Å². The van der Waals surface area contributed by atoms with Crippen molar-refractivity contribution in [2.24, 2.45) is 0 Å². The van der Waals surface area contributed by atoms with Gasteiger partial charge in [0.05, 0.1) is 10.4 Å². The van der Waals surface area contributed by atoms with Gasteiger partial charge < -0.3 is 4.42 Å². The number of halogens is 1. The molecule has 0 aliphatic heterocycles. The number of oxazole rings is 1. The van der Waals surface area contributed by atoms with Crippen LogP contribution in [0.5, 0.6) is 0 Å². The molecule has 0 amide bonds. The second-order valence-electron chi connectivity index (χ2n) is 4.28. The van der Waals surface area contributed by atoms with E-state index in [-0.39, 0.29) is 21.7 Å². The number of benzene rings is 2. The molecule has 1 heterocycles. The van der Waals surface area contributed by atoms with Crippen molar-refractivity contribution in [1.29, 1.82) is 0 Å². The van der Waals surface area contributed by atoms with Gasteiger partial charge in [-0.3, -0.25) is 9.71 Å². The van der Waals surface area contributed by atoms with Crippen LogP contribution in [-0.2, 0) is 10.0 Å². The average molecular weight is 308 g/mol. The van der Waals surface area contributed by atoms with E-state index in [1.165, 1.54) is 30.3 Å². The number of anilines is 1. The van der Waals surface area contributed by atoms with E-state index in [0.29, 0.717) is 0 Å². The van der Waals surface area contributed by atoms with Gasteiger partial charge in [0.25, 0.3) is 10.0 Å². The molecule has 1 aromatic heterocycles. The number of sulfonamides is 1. The zero-order valence-corrected chi connectivity index (χ0v) is 11.3. The lowest BCUT2D eigenvalue weighted by molar-refractivity contribution is 0.555. The molecule has 0 saturated heterocycles. The Kier molecular flexibility index (Phi) is 3.02. The van der Waals surface area contributed by atoms with Crippen LogP contribution in [0, 0.1) is 5.82 Å². The molecule has 0 spiro atoms. The molecule has 2 N–H and O–H groups in total. The van der Waals surface area contributed by atoms with Gasteiger partial charge in [-0.1, -0.05) is 0 Å². The molecule has 0 unspecified atom stereocenters. The minimum absolute atomic E-state index is 0.0450. The number of aromatic nitrogens is 1. The summed E-state index contributed by atoms with van der Waals surface area (Å²) in [7, 11) is -3.84. The third-order valence-electron chi connectivity index (χ3n) is 2.80. The Morgan fingerprint density at radius 1 is 1.10 bits per heavy atom. The summed E-state index contributed by atoms with van der Waals surface area (Å²) in [4.78, 5) is 13.4. The first-order chi connectivity index (χ1) is 9.94. The van der Waals surface area contributed by atoms with Gasteiger partial charge in [0.1, 0.15) is 5.82 Å². The normalized spacial score (nSPS) is 11.7. The van der Waals surface area contributed by atoms with Crippen LogP contribution in [0.15, 0.2) is 56.6 Å². The van der Waals surface area contributed by atoms with Crippen LogP contribution in [0.2, 0.25) is 0 Å². The molecule has 0 bridgehead atoms. The van der Waals surface area contributed by atoms with Crippen molar-refractivity contribution in [2.45, 2.75) is 4.90 Å².